The van der Waals surface area contributed by atoms with Crippen molar-refractivity contribution in [2.24, 2.45) is 0 Å². The zero-order valence-electron chi connectivity index (χ0n) is 13.6. The van der Waals surface area contributed by atoms with E-state index in [-0.39, 0.29) is 11.5 Å². The Kier molecular flexibility index (Phi) is 4.78. The topological polar surface area (TPSA) is 63.8 Å². The molecule has 1 unspecified atom stereocenters. The summed E-state index contributed by atoms with van der Waals surface area (Å²) in [5, 5.41) is 8.49. The van der Waals surface area contributed by atoms with E-state index in [4.69, 9.17) is 9.51 Å². The lowest BCUT2D eigenvalue weighted by Gasteiger charge is -2.14. The number of hydrogen-bond acceptors (Lipinski definition) is 6. The third-order valence-corrected chi connectivity index (χ3v) is 4.99. The Morgan fingerprint density at radius 1 is 1.24 bits per heavy atom. The van der Waals surface area contributed by atoms with Crippen LogP contribution < -0.4 is 5.32 Å². The van der Waals surface area contributed by atoms with Crippen LogP contribution >= 0.6 is 11.3 Å². The van der Waals surface area contributed by atoms with Crippen LogP contribution in [0.5, 0.6) is 0 Å². The Morgan fingerprint density at radius 2 is 1.95 bits per heavy atom. The molecule has 0 amide bonds. The van der Waals surface area contributed by atoms with E-state index in [1.165, 1.54) is 9.88 Å². The van der Waals surface area contributed by atoms with Gasteiger partial charge in [0, 0.05) is 29.3 Å². The molecule has 0 saturated carbocycles. The number of nitrogens with one attached hydrogen (secondary N) is 1. The molecule has 5 nitrogen and oxygen atoms in total. The molecule has 0 aliphatic heterocycles. The van der Waals surface area contributed by atoms with Crippen LogP contribution in [0.1, 0.15) is 61.0 Å². The van der Waals surface area contributed by atoms with E-state index in [0.717, 1.165) is 18.7 Å². The van der Waals surface area contributed by atoms with Crippen LogP contribution in [0.15, 0.2) is 4.52 Å². The van der Waals surface area contributed by atoms with Gasteiger partial charge in [0.15, 0.2) is 5.82 Å². The van der Waals surface area contributed by atoms with Crippen LogP contribution in [-0.2, 0) is 11.8 Å². The van der Waals surface area contributed by atoms with Gasteiger partial charge in [0.05, 0.1) is 10.7 Å². The monoisotopic (exact) mass is 308 g/mol. The largest absolute Gasteiger partial charge is 0.339 e. The van der Waals surface area contributed by atoms with Gasteiger partial charge in [-0.1, -0.05) is 25.9 Å². The normalized spacial score (nSPS) is 13.6. The summed E-state index contributed by atoms with van der Waals surface area (Å²) in [4.78, 5) is 10.2. The van der Waals surface area contributed by atoms with Crippen molar-refractivity contribution in [3.8, 4) is 0 Å². The molecule has 0 fully saturated rings. The first-order valence-corrected chi connectivity index (χ1v) is 8.09. The molecule has 1 atom stereocenters. The minimum atomic E-state index is 0.106. The third kappa shape index (κ3) is 4.11. The first kappa shape index (κ1) is 16.1. The molecule has 1 N–H and O–H groups in total. The molecule has 21 heavy (non-hydrogen) atoms. The molecule has 0 aliphatic carbocycles. The summed E-state index contributed by atoms with van der Waals surface area (Å²) >= 11 is 1.80. The summed E-state index contributed by atoms with van der Waals surface area (Å²) in [5.74, 6) is 1.37. The molecule has 0 radical (unpaired) electrons. The summed E-state index contributed by atoms with van der Waals surface area (Å²) < 4.78 is 5.11. The Bertz CT molecular complexity index is 597. The average Bonchev–Trinajstić information content (AvgIpc) is 2.95. The molecule has 0 aliphatic rings. The predicted molar refractivity (Wildman–Crippen MR) is 84.7 cm³/mol. The van der Waals surface area contributed by atoms with Crippen molar-refractivity contribution in [2.75, 3.05) is 6.54 Å². The number of thiazole rings is 1. The zero-order valence-corrected chi connectivity index (χ0v) is 14.5. The standard InChI is InChI=1S/C15H24N4OS/c1-9(16-8-7-12-18-11(3)19-20-12)13-10(2)17-14(21-13)15(4,5)6/h9,16H,7-8H2,1-6H3. The van der Waals surface area contributed by atoms with Gasteiger partial charge < -0.3 is 9.84 Å². The SMILES string of the molecule is Cc1noc(CCNC(C)c2sc(C(C)(C)C)nc2C)n1. The molecule has 116 valence electrons. The van der Waals surface area contributed by atoms with Crippen molar-refractivity contribution in [1.29, 1.82) is 0 Å². The molecular formula is C15H24N4OS. The van der Waals surface area contributed by atoms with Crippen molar-refractivity contribution in [3.05, 3.63) is 27.3 Å². The lowest BCUT2D eigenvalue weighted by molar-refractivity contribution is 0.370. The van der Waals surface area contributed by atoms with Crippen LogP contribution in [0.3, 0.4) is 0 Å². The van der Waals surface area contributed by atoms with Gasteiger partial charge in [-0.3, -0.25) is 0 Å². The minimum absolute atomic E-state index is 0.106. The van der Waals surface area contributed by atoms with Crippen LogP contribution in [-0.4, -0.2) is 21.7 Å². The maximum atomic E-state index is 5.11. The minimum Gasteiger partial charge on any atom is -0.339 e. The van der Waals surface area contributed by atoms with Crippen molar-refractivity contribution in [3.63, 3.8) is 0 Å². The molecule has 2 aromatic heterocycles. The van der Waals surface area contributed by atoms with Crippen LogP contribution in [0, 0.1) is 13.8 Å². The Hall–Kier alpha value is -1.27. The predicted octanol–water partition coefficient (Wildman–Crippen LogP) is 3.33. The van der Waals surface area contributed by atoms with Gasteiger partial charge in [-0.25, -0.2) is 4.98 Å². The van der Waals surface area contributed by atoms with Gasteiger partial charge in [0.1, 0.15) is 0 Å². The highest BCUT2D eigenvalue weighted by molar-refractivity contribution is 7.12. The van der Waals surface area contributed by atoms with Crippen molar-refractivity contribution >= 4 is 11.3 Å². The lowest BCUT2D eigenvalue weighted by atomic mass is 9.98. The fraction of sp³-hybridized carbons (Fsp3) is 0.667. The summed E-state index contributed by atoms with van der Waals surface area (Å²) in [6.07, 6.45) is 0.745. The first-order valence-electron chi connectivity index (χ1n) is 7.27. The highest BCUT2D eigenvalue weighted by Gasteiger charge is 2.22. The van der Waals surface area contributed by atoms with Crippen LogP contribution in [0.2, 0.25) is 0 Å². The molecule has 0 spiro atoms. The smallest absolute Gasteiger partial charge is 0.227 e. The Balaban J connectivity index is 1.94. The van der Waals surface area contributed by atoms with Gasteiger partial charge in [0.2, 0.25) is 5.89 Å². The summed E-state index contributed by atoms with van der Waals surface area (Å²) in [6.45, 7) is 13.5. The fourth-order valence-corrected chi connectivity index (χ4v) is 3.21. The van der Waals surface area contributed by atoms with E-state index in [0.29, 0.717) is 11.7 Å². The van der Waals surface area contributed by atoms with Crippen molar-refractivity contribution < 1.29 is 4.52 Å². The molecule has 2 rings (SSSR count). The van der Waals surface area contributed by atoms with E-state index in [9.17, 15) is 0 Å². The van der Waals surface area contributed by atoms with E-state index in [1.54, 1.807) is 11.3 Å². The second-order valence-electron chi connectivity index (χ2n) is 6.38. The molecule has 0 saturated heterocycles. The number of aryl methyl sites for hydroxylation is 2. The maximum Gasteiger partial charge on any atom is 0.227 e. The van der Waals surface area contributed by atoms with E-state index >= 15 is 0 Å². The van der Waals surface area contributed by atoms with Crippen LogP contribution in [0.4, 0.5) is 0 Å². The fourth-order valence-electron chi connectivity index (χ4n) is 2.06. The average molecular weight is 308 g/mol. The number of hydrogen-bond donors (Lipinski definition) is 1. The van der Waals surface area contributed by atoms with Gasteiger partial charge in [-0.2, -0.15) is 4.98 Å². The summed E-state index contributed by atoms with van der Waals surface area (Å²) in [6, 6.07) is 0.280. The van der Waals surface area contributed by atoms with E-state index in [2.05, 4.69) is 50.1 Å². The quantitative estimate of drug-likeness (QED) is 0.918. The maximum absolute atomic E-state index is 5.11. The molecule has 2 aromatic rings. The summed E-state index contributed by atoms with van der Waals surface area (Å²) in [7, 11) is 0. The first-order chi connectivity index (χ1) is 9.77. The second-order valence-corrected chi connectivity index (χ2v) is 7.41. The second kappa shape index (κ2) is 6.23. The lowest BCUT2D eigenvalue weighted by Crippen LogP contribution is -2.21. The van der Waals surface area contributed by atoms with Gasteiger partial charge in [0.25, 0.3) is 0 Å². The van der Waals surface area contributed by atoms with E-state index < -0.39 is 0 Å². The molecule has 2 heterocycles. The number of rotatable bonds is 5. The van der Waals surface area contributed by atoms with E-state index in [1.807, 2.05) is 6.92 Å². The molecule has 6 heteroatoms. The van der Waals surface area contributed by atoms with Crippen molar-refractivity contribution in [1.82, 2.24) is 20.4 Å². The molecular weight excluding hydrogens is 284 g/mol. The Morgan fingerprint density at radius 3 is 2.48 bits per heavy atom. The number of aromatic nitrogens is 3. The number of nitrogens with zero attached hydrogens (tertiary/aromatic N) is 3. The molecule has 0 aromatic carbocycles. The highest BCUT2D eigenvalue weighted by Crippen LogP contribution is 2.32. The highest BCUT2D eigenvalue weighted by atomic mass is 32.1. The van der Waals surface area contributed by atoms with Gasteiger partial charge >= 0.3 is 0 Å². The zero-order chi connectivity index (χ0) is 15.6. The van der Waals surface area contributed by atoms with Crippen LogP contribution in [0.25, 0.3) is 0 Å². The third-order valence-electron chi connectivity index (χ3n) is 3.23. The molecule has 0 bridgehead atoms. The Labute approximate surface area is 130 Å². The summed E-state index contributed by atoms with van der Waals surface area (Å²) in [5.41, 5.74) is 1.23. The van der Waals surface area contributed by atoms with Crippen molar-refractivity contribution in [2.45, 2.75) is 59.4 Å². The van der Waals surface area contributed by atoms with Gasteiger partial charge in [-0.15, -0.1) is 11.3 Å². The van der Waals surface area contributed by atoms with Gasteiger partial charge in [-0.05, 0) is 20.8 Å².